The monoisotopic (exact) mass is 184 g/mol. The van der Waals surface area contributed by atoms with Gasteiger partial charge >= 0.3 is 0 Å². The Morgan fingerprint density at radius 1 is 1.33 bits per heavy atom. The maximum absolute atomic E-state index is 5.21. The third-order valence-electron chi connectivity index (χ3n) is 2.10. The molecule has 0 saturated carbocycles. The minimum Gasteiger partial charge on any atom is -0.0945 e. The molecule has 0 fully saturated rings. The van der Waals surface area contributed by atoms with Crippen molar-refractivity contribution in [2.45, 2.75) is 40.5 Å². The quantitative estimate of drug-likeness (QED) is 0.459. The Bertz CT molecular complexity index is 168. The van der Waals surface area contributed by atoms with Gasteiger partial charge in [0, 0.05) is 4.86 Å². The molecule has 0 aliphatic rings. The molecule has 0 aromatic rings. The number of hydrogen-bond donors (Lipinski definition) is 0. The Labute approximate surface area is 82.1 Å². The summed E-state index contributed by atoms with van der Waals surface area (Å²) in [6.45, 7) is 12.8. The highest BCUT2D eigenvalue weighted by atomic mass is 32.1. The third-order valence-corrected chi connectivity index (χ3v) is 2.65. The Morgan fingerprint density at radius 3 is 2.17 bits per heavy atom. The minimum atomic E-state index is 0.553. The van der Waals surface area contributed by atoms with Crippen molar-refractivity contribution in [3.8, 4) is 0 Å². The maximum Gasteiger partial charge on any atom is 0.0178 e. The summed E-state index contributed by atoms with van der Waals surface area (Å²) in [4.78, 5) is 1.04. The molecule has 0 aliphatic heterocycles. The summed E-state index contributed by atoms with van der Waals surface area (Å²) in [5.74, 6) is 1.29. The lowest BCUT2D eigenvalue weighted by molar-refractivity contribution is 0.495. The summed E-state index contributed by atoms with van der Waals surface area (Å²) in [7, 11) is 0. The molecule has 1 unspecified atom stereocenters. The maximum atomic E-state index is 5.21. The predicted molar refractivity (Wildman–Crippen MR) is 60.6 cm³/mol. The fourth-order valence-corrected chi connectivity index (χ4v) is 1.55. The minimum absolute atomic E-state index is 0.553. The summed E-state index contributed by atoms with van der Waals surface area (Å²) >= 11 is 5.21. The van der Waals surface area contributed by atoms with Crippen molar-refractivity contribution in [2.24, 2.45) is 11.8 Å². The average Bonchev–Trinajstić information content (AvgIpc) is 2.00. The van der Waals surface area contributed by atoms with Crippen molar-refractivity contribution < 1.29 is 0 Å². The van der Waals surface area contributed by atoms with E-state index in [2.05, 4.69) is 34.3 Å². The van der Waals surface area contributed by atoms with Crippen molar-refractivity contribution in [1.29, 1.82) is 0 Å². The smallest absolute Gasteiger partial charge is 0.0178 e. The highest BCUT2D eigenvalue weighted by Gasteiger charge is 2.11. The Kier molecular flexibility index (Phi) is 5.39. The summed E-state index contributed by atoms with van der Waals surface area (Å²) < 4.78 is 0. The van der Waals surface area contributed by atoms with Gasteiger partial charge in [-0.3, -0.25) is 0 Å². The molecule has 0 saturated heterocycles. The standard InChI is InChI=1S/C11H20S/c1-6-11(12)10(5)9(4)7-8(2)3/h8-9H,5-7H2,1-4H3. The van der Waals surface area contributed by atoms with Gasteiger partial charge in [0.15, 0.2) is 0 Å². The first-order valence-corrected chi connectivity index (χ1v) is 5.11. The van der Waals surface area contributed by atoms with Crippen LogP contribution in [0.4, 0.5) is 0 Å². The Hall–Kier alpha value is -0.170. The van der Waals surface area contributed by atoms with Crippen molar-refractivity contribution in [2.75, 3.05) is 0 Å². The van der Waals surface area contributed by atoms with E-state index in [4.69, 9.17) is 12.2 Å². The van der Waals surface area contributed by atoms with Crippen LogP contribution in [0.5, 0.6) is 0 Å². The van der Waals surface area contributed by atoms with Gasteiger partial charge in [-0.1, -0.05) is 46.5 Å². The van der Waals surface area contributed by atoms with Crippen LogP contribution in [-0.4, -0.2) is 4.86 Å². The second-order valence-electron chi connectivity index (χ2n) is 3.83. The SMILES string of the molecule is C=C(C(=S)CC)C(C)CC(C)C. The molecular weight excluding hydrogens is 164 g/mol. The largest absolute Gasteiger partial charge is 0.0945 e. The molecule has 1 atom stereocenters. The molecular formula is C11H20S. The molecule has 0 aromatic carbocycles. The van der Waals surface area contributed by atoms with E-state index in [1.807, 2.05) is 0 Å². The zero-order valence-electron chi connectivity index (χ0n) is 8.68. The van der Waals surface area contributed by atoms with Crippen LogP contribution in [0.25, 0.3) is 0 Å². The number of rotatable bonds is 5. The molecule has 0 amide bonds. The normalized spacial score (nSPS) is 13.1. The second kappa shape index (κ2) is 5.47. The highest BCUT2D eigenvalue weighted by molar-refractivity contribution is 7.80. The molecule has 0 spiro atoms. The van der Waals surface area contributed by atoms with Crippen LogP contribution >= 0.6 is 12.2 Å². The van der Waals surface area contributed by atoms with E-state index in [-0.39, 0.29) is 0 Å². The average molecular weight is 184 g/mol. The van der Waals surface area contributed by atoms with Gasteiger partial charge in [0.2, 0.25) is 0 Å². The molecule has 0 heterocycles. The van der Waals surface area contributed by atoms with E-state index in [0.717, 1.165) is 17.2 Å². The fourth-order valence-electron chi connectivity index (χ4n) is 1.35. The van der Waals surface area contributed by atoms with Gasteiger partial charge < -0.3 is 0 Å². The zero-order valence-corrected chi connectivity index (χ0v) is 9.50. The second-order valence-corrected chi connectivity index (χ2v) is 4.33. The number of hydrogen-bond acceptors (Lipinski definition) is 1. The highest BCUT2D eigenvalue weighted by Crippen LogP contribution is 2.20. The molecule has 0 rings (SSSR count). The van der Waals surface area contributed by atoms with E-state index in [9.17, 15) is 0 Å². The topological polar surface area (TPSA) is 0 Å². The van der Waals surface area contributed by atoms with Crippen molar-refractivity contribution in [1.82, 2.24) is 0 Å². The lowest BCUT2D eigenvalue weighted by Gasteiger charge is -2.16. The van der Waals surface area contributed by atoms with Gasteiger partial charge in [-0.15, -0.1) is 0 Å². The van der Waals surface area contributed by atoms with E-state index >= 15 is 0 Å². The molecule has 0 N–H and O–H groups in total. The van der Waals surface area contributed by atoms with E-state index < -0.39 is 0 Å². The van der Waals surface area contributed by atoms with Crippen LogP contribution in [0.1, 0.15) is 40.5 Å². The third kappa shape index (κ3) is 4.01. The first kappa shape index (κ1) is 11.8. The summed E-state index contributed by atoms with van der Waals surface area (Å²) in [5.41, 5.74) is 1.17. The molecule has 0 nitrogen and oxygen atoms in total. The molecule has 1 heteroatoms. The van der Waals surface area contributed by atoms with Gasteiger partial charge in [-0.2, -0.15) is 0 Å². The molecule has 0 aliphatic carbocycles. The van der Waals surface area contributed by atoms with Crippen molar-refractivity contribution in [3.63, 3.8) is 0 Å². The van der Waals surface area contributed by atoms with Crippen LogP contribution in [0, 0.1) is 11.8 Å². The first-order valence-electron chi connectivity index (χ1n) is 4.71. The van der Waals surface area contributed by atoms with Crippen LogP contribution in [-0.2, 0) is 0 Å². The van der Waals surface area contributed by atoms with Gasteiger partial charge in [0.1, 0.15) is 0 Å². The molecule has 0 bridgehead atoms. The lowest BCUT2D eigenvalue weighted by atomic mass is 9.90. The van der Waals surface area contributed by atoms with Crippen LogP contribution < -0.4 is 0 Å². The molecule has 70 valence electrons. The van der Waals surface area contributed by atoms with Crippen LogP contribution in [0.15, 0.2) is 12.2 Å². The van der Waals surface area contributed by atoms with Crippen molar-refractivity contribution in [3.05, 3.63) is 12.2 Å². The van der Waals surface area contributed by atoms with E-state index in [1.165, 1.54) is 12.0 Å². The number of thiocarbonyl (C=S) groups is 1. The van der Waals surface area contributed by atoms with Crippen LogP contribution in [0.3, 0.4) is 0 Å². The fraction of sp³-hybridized carbons (Fsp3) is 0.727. The summed E-state index contributed by atoms with van der Waals surface area (Å²) in [6, 6.07) is 0. The molecule has 0 radical (unpaired) electrons. The Balaban J connectivity index is 4.01. The van der Waals surface area contributed by atoms with Crippen molar-refractivity contribution >= 4 is 17.1 Å². The van der Waals surface area contributed by atoms with Gasteiger partial charge in [-0.25, -0.2) is 0 Å². The van der Waals surface area contributed by atoms with E-state index in [0.29, 0.717) is 5.92 Å². The van der Waals surface area contributed by atoms with E-state index in [1.54, 1.807) is 0 Å². The van der Waals surface area contributed by atoms with Gasteiger partial charge in [-0.05, 0) is 30.3 Å². The molecule has 0 aromatic heterocycles. The first-order chi connectivity index (χ1) is 5.49. The van der Waals surface area contributed by atoms with Gasteiger partial charge in [0.05, 0.1) is 0 Å². The van der Waals surface area contributed by atoms with Crippen LogP contribution in [0.2, 0.25) is 0 Å². The Morgan fingerprint density at radius 2 is 1.83 bits per heavy atom. The zero-order chi connectivity index (χ0) is 9.72. The molecule has 12 heavy (non-hydrogen) atoms. The van der Waals surface area contributed by atoms with Gasteiger partial charge in [0.25, 0.3) is 0 Å². The summed E-state index contributed by atoms with van der Waals surface area (Å²) in [5, 5.41) is 0. The lowest BCUT2D eigenvalue weighted by Crippen LogP contribution is -2.09. The predicted octanol–water partition coefficient (Wildman–Crippen LogP) is 4.00. The summed E-state index contributed by atoms with van der Waals surface area (Å²) in [6.07, 6.45) is 2.15. The number of allylic oxidation sites excluding steroid dienone is 1.